The molecule has 8 heteroatoms. The van der Waals surface area contributed by atoms with Crippen LogP contribution in [0.4, 0.5) is 5.69 Å². The van der Waals surface area contributed by atoms with E-state index in [1.165, 1.54) is 12.8 Å². The Morgan fingerprint density at radius 3 is 2.68 bits per heavy atom. The van der Waals surface area contributed by atoms with Gasteiger partial charge in [-0.3, -0.25) is 13.9 Å². The van der Waals surface area contributed by atoms with E-state index in [0.717, 1.165) is 54.1 Å². The van der Waals surface area contributed by atoms with Gasteiger partial charge in [0.15, 0.2) is 0 Å². The highest BCUT2D eigenvalue weighted by atomic mass is 16.5. The standard InChI is InChI=1S/C26H33N5O3/c1-15-11-29(14-24(34-15)19-10-27-31(12-19)20-5-6-20)21-9-23(18-7-22(8-18)33-4)25-28-17(3)16(2)26(32)30(25)13-21/h9-10,12-13,15,18,20,22,24H,5-8,11,14H2,1-4H3/t15-,18?,22?,24-/m1/s1. The number of nitrogens with zero attached hydrogens (tertiary/aromatic N) is 5. The number of hydrogen-bond donors (Lipinski definition) is 0. The fraction of sp³-hybridized carbons (Fsp3) is 0.577. The van der Waals surface area contributed by atoms with Gasteiger partial charge >= 0.3 is 0 Å². The number of anilines is 1. The average Bonchev–Trinajstić information content (AvgIpc) is 3.53. The molecule has 2 saturated carbocycles. The molecule has 0 aromatic carbocycles. The highest BCUT2D eigenvalue weighted by Crippen LogP contribution is 2.41. The molecule has 6 rings (SSSR count). The van der Waals surface area contributed by atoms with Gasteiger partial charge in [-0.2, -0.15) is 5.10 Å². The average molecular weight is 464 g/mol. The van der Waals surface area contributed by atoms with E-state index in [1.807, 2.05) is 26.2 Å². The first kappa shape index (κ1) is 21.8. The van der Waals surface area contributed by atoms with Crippen molar-refractivity contribution < 1.29 is 9.47 Å². The molecule has 0 unspecified atom stereocenters. The van der Waals surface area contributed by atoms with Crippen molar-refractivity contribution in [1.29, 1.82) is 0 Å². The van der Waals surface area contributed by atoms with Crippen LogP contribution in [0.15, 0.2) is 29.5 Å². The molecule has 4 heterocycles. The molecule has 8 nitrogen and oxygen atoms in total. The Labute approximate surface area is 199 Å². The van der Waals surface area contributed by atoms with Gasteiger partial charge in [0.25, 0.3) is 5.56 Å². The number of methoxy groups -OCH3 is 1. The minimum absolute atomic E-state index is 0.0109. The monoisotopic (exact) mass is 463 g/mol. The fourth-order valence-corrected chi connectivity index (χ4v) is 5.33. The van der Waals surface area contributed by atoms with Gasteiger partial charge in [0.1, 0.15) is 11.8 Å². The van der Waals surface area contributed by atoms with Crippen LogP contribution in [-0.2, 0) is 9.47 Å². The number of aromatic nitrogens is 4. The molecule has 3 aromatic heterocycles. The molecule has 34 heavy (non-hydrogen) atoms. The highest BCUT2D eigenvalue weighted by Gasteiger charge is 2.34. The van der Waals surface area contributed by atoms with Gasteiger partial charge in [-0.15, -0.1) is 0 Å². The van der Waals surface area contributed by atoms with Crippen molar-refractivity contribution in [2.75, 3.05) is 25.1 Å². The molecule has 180 valence electrons. The summed E-state index contributed by atoms with van der Waals surface area (Å²) in [6, 6.07) is 2.80. The van der Waals surface area contributed by atoms with E-state index in [9.17, 15) is 4.79 Å². The van der Waals surface area contributed by atoms with Crippen LogP contribution in [0.25, 0.3) is 5.65 Å². The van der Waals surface area contributed by atoms with E-state index in [1.54, 1.807) is 11.5 Å². The maximum absolute atomic E-state index is 13.3. The lowest BCUT2D eigenvalue weighted by Crippen LogP contribution is -2.43. The molecular weight excluding hydrogens is 430 g/mol. The molecular formula is C26H33N5O3. The molecule has 1 aliphatic heterocycles. The lowest BCUT2D eigenvalue weighted by molar-refractivity contribution is -0.0174. The topological polar surface area (TPSA) is 73.9 Å². The fourth-order valence-electron chi connectivity index (χ4n) is 5.33. The van der Waals surface area contributed by atoms with Crippen molar-refractivity contribution in [3.05, 3.63) is 57.4 Å². The maximum Gasteiger partial charge on any atom is 0.261 e. The predicted molar refractivity (Wildman–Crippen MR) is 130 cm³/mol. The summed E-state index contributed by atoms with van der Waals surface area (Å²) in [5.74, 6) is 0.347. The minimum Gasteiger partial charge on any atom is -0.381 e. The summed E-state index contributed by atoms with van der Waals surface area (Å²) in [6.07, 6.45) is 10.7. The number of rotatable bonds is 5. The molecule has 3 aliphatic rings. The highest BCUT2D eigenvalue weighted by molar-refractivity contribution is 5.60. The molecule has 2 atom stereocenters. The number of morpholine rings is 1. The normalized spacial score (nSPS) is 27.2. The first-order valence-corrected chi connectivity index (χ1v) is 12.4. The minimum atomic E-state index is -0.0495. The first-order valence-electron chi connectivity index (χ1n) is 12.4. The Hall–Kier alpha value is -2.71. The van der Waals surface area contributed by atoms with Crippen molar-refractivity contribution in [3.8, 4) is 0 Å². The Morgan fingerprint density at radius 2 is 1.94 bits per heavy atom. The van der Waals surface area contributed by atoms with E-state index in [-0.39, 0.29) is 23.9 Å². The Kier molecular flexibility index (Phi) is 5.26. The summed E-state index contributed by atoms with van der Waals surface area (Å²) in [5, 5.41) is 4.57. The van der Waals surface area contributed by atoms with Gasteiger partial charge < -0.3 is 14.4 Å². The molecule has 0 bridgehead atoms. The number of fused-ring (bicyclic) bond motifs is 1. The zero-order valence-electron chi connectivity index (χ0n) is 20.4. The van der Waals surface area contributed by atoms with Crippen LogP contribution in [0, 0.1) is 13.8 Å². The third kappa shape index (κ3) is 3.73. The summed E-state index contributed by atoms with van der Waals surface area (Å²) in [5.41, 5.74) is 5.60. The third-order valence-electron chi connectivity index (χ3n) is 7.81. The summed E-state index contributed by atoms with van der Waals surface area (Å²) in [6.45, 7) is 7.39. The lowest BCUT2D eigenvalue weighted by atomic mass is 9.77. The summed E-state index contributed by atoms with van der Waals surface area (Å²) < 4.78 is 15.7. The van der Waals surface area contributed by atoms with Crippen LogP contribution in [0.1, 0.15) is 73.1 Å². The quantitative estimate of drug-likeness (QED) is 0.574. The van der Waals surface area contributed by atoms with E-state index < -0.39 is 0 Å². The number of aryl methyl sites for hydroxylation is 1. The van der Waals surface area contributed by atoms with Crippen molar-refractivity contribution in [3.63, 3.8) is 0 Å². The lowest BCUT2D eigenvalue weighted by Gasteiger charge is -2.39. The van der Waals surface area contributed by atoms with Gasteiger partial charge in [0.2, 0.25) is 0 Å². The number of pyridine rings is 1. The number of ether oxygens (including phenoxy) is 2. The van der Waals surface area contributed by atoms with Crippen molar-refractivity contribution in [1.82, 2.24) is 19.2 Å². The third-order valence-corrected chi connectivity index (χ3v) is 7.81. The molecule has 3 aromatic rings. The summed E-state index contributed by atoms with van der Waals surface area (Å²) >= 11 is 0. The van der Waals surface area contributed by atoms with Gasteiger partial charge in [-0.25, -0.2) is 4.98 Å². The van der Waals surface area contributed by atoms with Crippen LogP contribution in [0.5, 0.6) is 0 Å². The Balaban J connectivity index is 1.38. The van der Waals surface area contributed by atoms with Crippen LogP contribution in [0.3, 0.4) is 0 Å². The molecule has 2 aliphatic carbocycles. The first-order chi connectivity index (χ1) is 16.4. The summed E-state index contributed by atoms with van der Waals surface area (Å²) in [7, 11) is 1.77. The van der Waals surface area contributed by atoms with Crippen molar-refractivity contribution in [2.24, 2.45) is 0 Å². The Bertz CT molecular complexity index is 1290. The maximum atomic E-state index is 13.3. The molecule has 3 fully saturated rings. The SMILES string of the molecule is COC1CC(c2cc(N3C[C@@H](C)O[C@@H](c4cnn(C5CC5)c4)C3)cn3c(=O)c(C)c(C)nc23)C1. The second kappa shape index (κ2) is 8.20. The van der Waals surface area contributed by atoms with E-state index in [2.05, 4.69) is 33.9 Å². The van der Waals surface area contributed by atoms with Crippen LogP contribution < -0.4 is 10.5 Å². The van der Waals surface area contributed by atoms with E-state index in [0.29, 0.717) is 17.5 Å². The van der Waals surface area contributed by atoms with Crippen LogP contribution in [0.2, 0.25) is 0 Å². The molecule has 0 spiro atoms. The largest absolute Gasteiger partial charge is 0.381 e. The zero-order valence-corrected chi connectivity index (χ0v) is 20.4. The second-order valence-electron chi connectivity index (χ2n) is 10.3. The second-order valence-corrected chi connectivity index (χ2v) is 10.3. The van der Waals surface area contributed by atoms with E-state index in [4.69, 9.17) is 14.5 Å². The molecule has 0 N–H and O–H groups in total. The smallest absolute Gasteiger partial charge is 0.261 e. The van der Waals surface area contributed by atoms with Crippen molar-refractivity contribution >= 4 is 11.3 Å². The van der Waals surface area contributed by atoms with Crippen LogP contribution >= 0.6 is 0 Å². The zero-order chi connectivity index (χ0) is 23.6. The van der Waals surface area contributed by atoms with Crippen molar-refractivity contribution in [2.45, 2.75) is 76.7 Å². The van der Waals surface area contributed by atoms with E-state index >= 15 is 0 Å². The molecule has 1 saturated heterocycles. The van der Waals surface area contributed by atoms with Gasteiger partial charge in [-0.1, -0.05) is 0 Å². The van der Waals surface area contributed by atoms with Crippen LogP contribution in [-0.4, -0.2) is 51.6 Å². The molecule has 0 radical (unpaired) electrons. The van der Waals surface area contributed by atoms with Gasteiger partial charge in [0, 0.05) is 55.0 Å². The van der Waals surface area contributed by atoms with Gasteiger partial charge in [0.05, 0.1) is 30.1 Å². The summed E-state index contributed by atoms with van der Waals surface area (Å²) in [4.78, 5) is 20.5. The Morgan fingerprint density at radius 1 is 1.15 bits per heavy atom. The number of hydrogen-bond acceptors (Lipinski definition) is 6. The predicted octanol–water partition coefficient (Wildman–Crippen LogP) is 3.70. The van der Waals surface area contributed by atoms with Gasteiger partial charge in [-0.05, 0) is 58.4 Å². The molecule has 0 amide bonds.